The Hall–Kier alpha value is -1.79. The van der Waals surface area contributed by atoms with Crippen LogP contribution in [-0.4, -0.2) is 39.0 Å². The highest BCUT2D eigenvalue weighted by Gasteiger charge is 2.37. The number of carboxylic acid groups (broad SMARTS) is 1. The fourth-order valence-electron chi connectivity index (χ4n) is 3.74. The average molecular weight is 402 g/mol. The maximum absolute atomic E-state index is 11.7. The van der Waals surface area contributed by atoms with Gasteiger partial charge >= 0.3 is 5.97 Å². The lowest BCUT2D eigenvalue weighted by atomic mass is 9.73. The summed E-state index contributed by atoms with van der Waals surface area (Å²) in [7, 11) is 0. The highest BCUT2D eigenvalue weighted by Crippen LogP contribution is 2.37. The van der Waals surface area contributed by atoms with Gasteiger partial charge < -0.3 is 5.11 Å². The molecule has 0 aromatic carbocycles. The Bertz CT molecular complexity index is 825. The lowest BCUT2D eigenvalue weighted by Gasteiger charge is -2.42. The first-order valence-corrected chi connectivity index (χ1v) is 10.8. The smallest absolute Gasteiger partial charge is 0.307 e. The molecule has 28 heavy (non-hydrogen) atoms. The number of hydrogen-bond donors (Lipinski definition) is 1. The van der Waals surface area contributed by atoms with E-state index in [1.54, 1.807) is 11.3 Å². The van der Waals surface area contributed by atoms with Crippen molar-refractivity contribution in [3.05, 3.63) is 35.0 Å². The molecule has 0 radical (unpaired) electrons. The minimum absolute atomic E-state index is 0.109. The number of nitrogens with zero attached hydrogens (tertiary/aromatic N) is 3. The number of hydrogen-bond acceptors (Lipinski definition) is 5. The molecule has 1 aliphatic rings. The van der Waals surface area contributed by atoms with Gasteiger partial charge in [-0.1, -0.05) is 34.6 Å². The van der Waals surface area contributed by atoms with E-state index in [0.29, 0.717) is 18.4 Å². The maximum Gasteiger partial charge on any atom is 0.307 e. The lowest BCUT2D eigenvalue weighted by Crippen LogP contribution is -2.46. The molecule has 2 atom stereocenters. The highest BCUT2D eigenvalue weighted by molar-refractivity contribution is 7.15. The predicted molar refractivity (Wildman–Crippen MR) is 113 cm³/mol. The van der Waals surface area contributed by atoms with Crippen molar-refractivity contribution in [3.63, 3.8) is 0 Å². The Morgan fingerprint density at radius 3 is 2.68 bits per heavy atom. The van der Waals surface area contributed by atoms with E-state index >= 15 is 0 Å². The van der Waals surface area contributed by atoms with Crippen molar-refractivity contribution in [1.29, 1.82) is 0 Å². The summed E-state index contributed by atoms with van der Waals surface area (Å²) in [6.07, 6.45) is 2.59. The molecule has 5 nitrogen and oxygen atoms in total. The van der Waals surface area contributed by atoms with Crippen LogP contribution in [0.4, 0.5) is 0 Å². The molecule has 1 saturated heterocycles. The zero-order valence-electron chi connectivity index (χ0n) is 17.5. The molecule has 3 heterocycles. The molecule has 1 fully saturated rings. The van der Waals surface area contributed by atoms with Crippen molar-refractivity contribution in [2.24, 2.45) is 17.3 Å². The average Bonchev–Trinajstić information content (AvgIpc) is 3.09. The van der Waals surface area contributed by atoms with Gasteiger partial charge in [0.25, 0.3) is 0 Å². The van der Waals surface area contributed by atoms with Gasteiger partial charge in [0.2, 0.25) is 0 Å². The molecule has 0 spiro atoms. The number of carboxylic acids is 1. The van der Waals surface area contributed by atoms with Crippen LogP contribution in [0.5, 0.6) is 0 Å². The molecule has 2 aromatic rings. The molecule has 3 rings (SSSR count). The Kier molecular flexibility index (Phi) is 6.20. The van der Waals surface area contributed by atoms with Crippen LogP contribution in [0.2, 0.25) is 0 Å². The van der Waals surface area contributed by atoms with E-state index in [4.69, 9.17) is 4.98 Å². The first-order valence-electron chi connectivity index (χ1n) is 10.0. The molecule has 0 amide bonds. The van der Waals surface area contributed by atoms with Gasteiger partial charge in [-0.25, -0.2) is 9.97 Å². The van der Waals surface area contributed by atoms with E-state index < -0.39 is 5.97 Å². The van der Waals surface area contributed by atoms with Crippen molar-refractivity contribution in [2.75, 3.05) is 13.1 Å². The fourth-order valence-corrected chi connectivity index (χ4v) is 4.73. The standard InChI is InChI=1S/C22H31N3O2S/c1-14(2)18-8-9-23-20(24-18)19-7-6-17(28-19)13-25-11-15(21(26)27)10-16(12-25)22(3,4)5/h6-9,14-16H,10-13H2,1-5H3,(H,26,27)/t15-,16-/m1/s1. The van der Waals surface area contributed by atoms with Crippen LogP contribution < -0.4 is 0 Å². The van der Waals surface area contributed by atoms with Crippen molar-refractivity contribution in [2.45, 2.75) is 53.5 Å². The zero-order valence-corrected chi connectivity index (χ0v) is 18.3. The molecular weight excluding hydrogens is 370 g/mol. The highest BCUT2D eigenvalue weighted by atomic mass is 32.1. The second-order valence-corrected chi connectivity index (χ2v) is 10.4. The molecule has 6 heteroatoms. The van der Waals surface area contributed by atoms with Crippen LogP contribution in [0, 0.1) is 17.3 Å². The number of carbonyl (C=O) groups is 1. The summed E-state index contributed by atoms with van der Waals surface area (Å²) < 4.78 is 0. The van der Waals surface area contributed by atoms with Gasteiger partial charge in [0.1, 0.15) is 0 Å². The predicted octanol–water partition coefficient (Wildman–Crippen LogP) is 4.90. The molecule has 0 saturated carbocycles. The van der Waals surface area contributed by atoms with Gasteiger partial charge in [0.05, 0.1) is 10.8 Å². The van der Waals surface area contributed by atoms with Crippen LogP contribution >= 0.6 is 11.3 Å². The van der Waals surface area contributed by atoms with Crippen LogP contribution in [0.3, 0.4) is 0 Å². The van der Waals surface area contributed by atoms with Gasteiger partial charge in [0.15, 0.2) is 5.82 Å². The van der Waals surface area contributed by atoms with E-state index in [1.165, 1.54) is 4.88 Å². The van der Waals surface area contributed by atoms with Gasteiger partial charge in [0, 0.05) is 36.4 Å². The number of rotatable bonds is 5. The number of piperidine rings is 1. The molecule has 2 aromatic heterocycles. The van der Waals surface area contributed by atoms with E-state index in [1.807, 2.05) is 12.3 Å². The third-order valence-corrected chi connectivity index (χ3v) is 6.70. The number of aromatic nitrogens is 2. The second kappa shape index (κ2) is 8.29. The van der Waals surface area contributed by atoms with E-state index in [2.05, 4.69) is 56.6 Å². The Labute approximate surface area is 171 Å². The minimum Gasteiger partial charge on any atom is -0.481 e. The minimum atomic E-state index is -0.676. The molecule has 0 aliphatic carbocycles. The van der Waals surface area contributed by atoms with Crippen LogP contribution in [0.15, 0.2) is 24.4 Å². The van der Waals surface area contributed by atoms with Gasteiger partial charge in [-0.05, 0) is 41.9 Å². The fraction of sp³-hybridized carbons (Fsp3) is 0.591. The van der Waals surface area contributed by atoms with Crippen LogP contribution in [-0.2, 0) is 11.3 Å². The summed E-state index contributed by atoms with van der Waals surface area (Å²) >= 11 is 1.70. The van der Waals surface area contributed by atoms with E-state index in [-0.39, 0.29) is 11.3 Å². The topological polar surface area (TPSA) is 66.3 Å². The van der Waals surface area contributed by atoms with Gasteiger partial charge in [-0.3, -0.25) is 9.69 Å². The normalized spacial score (nSPS) is 21.2. The molecule has 1 N–H and O–H groups in total. The SMILES string of the molecule is CC(C)c1ccnc(-c2ccc(CN3C[C@H](C(=O)O)C[C@@H](C(C)(C)C)C3)s2)n1. The number of aliphatic carboxylic acids is 1. The zero-order chi connectivity index (χ0) is 20.5. The van der Waals surface area contributed by atoms with Crippen LogP contribution in [0.1, 0.15) is 57.5 Å². The molecule has 1 aliphatic heterocycles. The molecule has 0 unspecified atom stereocenters. The summed E-state index contributed by atoms with van der Waals surface area (Å²) in [4.78, 5) is 25.4. The molecular formula is C22H31N3O2S. The summed E-state index contributed by atoms with van der Waals surface area (Å²) in [6.45, 7) is 13.2. The third-order valence-electron chi connectivity index (χ3n) is 5.63. The summed E-state index contributed by atoms with van der Waals surface area (Å²) in [5, 5.41) is 9.59. The molecule has 0 bridgehead atoms. The van der Waals surface area contributed by atoms with E-state index in [0.717, 1.165) is 35.9 Å². The first kappa shape index (κ1) is 20.9. The summed E-state index contributed by atoms with van der Waals surface area (Å²) in [5.41, 5.74) is 1.16. The second-order valence-electron chi connectivity index (χ2n) is 9.25. The Morgan fingerprint density at radius 2 is 2.04 bits per heavy atom. The maximum atomic E-state index is 11.7. The summed E-state index contributed by atoms with van der Waals surface area (Å²) in [5.74, 6) is 0.565. The van der Waals surface area contributed by atoms with Gasteiger partial charge in [-0.15, -0.1) is 11.3 Å². The molecule has 152 valence electrons. The Balaban J connectivity index is 1.75. The first-order chi connectivity index (χ1) is 13.1. The van der Waals surface area contributed by atoms with Crippen molar-refractivity contribution in [3.8, 4) is 10.7 Å². The monoisotopic (exact) mass is 401 g/mol. The van der Waals surface area contributed by atoms with Crippen molar-refractivity contribution >= 4 is 17.3 Å². The lowest BCUT2D eigenvalue weighted by molar-refractivity contribution is -0.145. The van der Waals surface area contributed by atoms with Gasteiger partial charge in [-0.2, -0.15) is 0 Å². The van der Waals surface area contributed by atoms with Crippen molar-refractivity contribution < 1.29 is 9.90 Å². The summed E-state index contributed by atoms with van der Waals surface area (Å²) in [6, 6.07) is 6.18. The largest absolute Gasteiger partial charge is 0.481 e. The third kappa shape index (κ3) is 4.97. The van der Waals surface area contributed by atoms with Crippen LogP contribution in [0.25, 0.3) is 10.7 Å². The van der Waals surface area contributed by atoms with E-state index in [9.17, 15) is 9.90 Å². The quantitative estimate of drug-likeness (QED) is 0.772. The number of likely N-dealkylation sites (tertiary alicyclic amines) is 1. The number of thiophene rings is 1. The Morgan fingerprint density at radius 1 is 1.29 bits per heavy atom. The van der Waals surface area contributed by atoms with Crippen molar-refractivity contribution in [1.82, 2.24) is 14.9 Å².